The van der Waals surface area contributed by atoms with Gasteiger partial charge in [-0.3, -0.25) is 14.2 Å². The third-order valence-corrected chi connectivity index (χ3v) is 18.8. The van der Waals surface area contributed by atoms with Gasteiger partial charge in [0.1, 0.15) is 19.8 Å². The quantitative estimate of drug-likeness (QED) is 0.0195. The molecule has 0 bridgehead atoms. The number of allylic oxidation sites excluding steroid dienone is 18. The first-order valence-corrected chi connectivity index (χ1v) is 42.1. The fraction of sp³-hybridized carbons (Fsp3) is 0.767. The molecule has 0 aliphatic rings. The number of hydrogen-bond acceptors (Lipinski definition) is 8. The molecule has 2 unspecified atom stereocenters. The summed E-state index contributed by atoms with van der Waals surface area (Å²) in [7, 11) is 1.17. The lowest BCUT2D eigenvalue weighted by molar-refractivity contribution is -0.870. The molecule has 0 fully saturated rings. The summed E-state index contributed by atoms with van der Waals surface area (Å²) in [5.74, 6) is -0.830. The molecule has 0 saturated carbocycles. The fourth-order valence-corrected chi connectivity index (χ4v) is 12.4. The van der Waals surface area contributed by atoms with Gasteiger partial charge in [0.25, 0.3) is 7.82 Å². The predicted molar refractivity (Wildman–Crippen MR) is 415 cm³/mol. The molecular formula is C86H154NO8P. The lowest BCUT2D eigenvalue weighted by Gasteiger charge is -2.28. The van der Waals surface area contributed by atoms with Crippen LogP contribution in [0.3, 0.4) is 0 Å². The van der Waals surface area contributed by atoms with Gasteiger partial charge in [-0.15, -0.1) is 0 Å². The number of esters is 2. The second-order valence-corrected chi connectivity index (χ2v) is 29.8. The molecule has 0 radical (unpaired) electrons. The Morgan fingerprint density at radius 3 is 0.885 bits per heavy atom. The summed E-state index contributed by atoms with van der Waals surface area (Å²) < 4.78 is 34.4. The Kier molecular flexibility index (Phi) is 73.2. The Balaban J connectivity index is 3.99. The Bertz CT molecular complexity index is 1990. The number of quaternary nitrogens is 1. The second kappa shape index (κ2) is 75.9. The third-order valence-electron chi connectivity index (χ3n) is 17.8. The van der Waals surface area contributed by atoms with Crippen molar-refractivity contribution < 1.29 is 42.1 Å². The van der Waals surface area contributed by atoms with Gasteiger partial charge in [-0.25, -0.2) is 0 Å². The highest BCUT2D eigenvalue weighted by Crippen LogP contribution is 2.38. The van der Waals surface area contributed by atoms with Crippen LogP contribution < -0.4 is 4.89 Å². The Hall–Kier alpha value is -3.33. The van der Waals surface area contributed by atoms with Gasteiger partial charge < -0.3 is 27.9 Å². The average Bonchev–Trinajstić information content (AvgIpc) is 2.72. The van der Waals surface area contributed by atoms with Crippen molar-refractivity contribution in [1.82, 2.24) is 0 Å². The van der Waals surface area contributed by atoms with E-state index >= 15 is 0 Å². The normalized spacial score (nSPS) is 13.6. The molecule has 0 spiro atoms. The smallest absolute Gasteiger partial charge is 0.306 e. The van der Waals surface area contributed by atoms with Crippen LogP contribution in [0, 0.1) is 0 Å². The van der Waals surface area contributed by atoms with Crippen molar-refractivity contribution in [2.75, 3.05) is 47.5 Å². The fourth-order valence-electron chi connectivity index (χ4n) is 11.7. The molecule has 0 aromatic carbocycles. The zero-order valence-electron chi connectivity index (χ0n) is 63.6. The van der Waals surface area contributed by atoms with Crippen LogP contribution in [0.25, 0.3) is 0 Å². The van der Waals surface area contributed by atoms with E-state index in [1.165, 1.54) is 238 Å². The summed E-state index contributed by atoms with van der Waals surface area (Å²) in [6, 6.07) is 0. The highest BCUT2D eigenvalue weighted by Gasteiger charge is 2.22. The first-order valence-electron chi connectivity index (χ1n) is 40.6. The van der Waals surface area contributed by atoms with Crippen LogP contribution in [0.5, 0.6) is 0 Å². The number of carbonyl (C=O) groups excluding carboxylic acids is 2. The first-order chi connectivity index (χ1) is 47.0. The molecule has 0 aromatic rings. The van der Waals surface area contributed by atoms with Crippen molar-refractivity contribution in [3.63, 3.8) is 0 Å². The maximum atomic E-state index is 12.9. The van der Waals surface area contributed by atoms with Gasteiger partial charge in [-0.1, -0.05) is 386 Å². The highest BCUT2D eigenvalue weighted by molar-refractivity contribution is 7.45. The average molecular weight is 1360 g/mol. The summed E-state index contributed by atoms with van der Waals surface area (Å²) in [6.45, 7) is 4.17. The lowest BCUT2D eigenvalue weighted by atomic mass is 10.0. The van der Waals surface area contributed by atoms with Gasteiger partial charge in [0.15, 0.2) is 6.10 Å². The number of phosphoric ester groups is 1. The zero-order valence-corrected chi connectivity index (χ0v) is 64.5. The molecule has 96 heavy (non-hydrogen) atoms. The molecule has 0 heterocycles. The predicted octanol–water partition coefficient (Wildman–Crippen LogP) is 26.5. The van der Waals surface area contributed by atoms with E-state index in [1.807, 2.05) is 21.1 Å². The number of likely N-dealkylation sites (N-methyl/N-ethyl adjacent to an activating group) is 1. The molecule has 0 aliphatic carbocycles. The number of unbranched alkanes of at least 4 members (excludes halogenated alkanes) is 43. The topological polar surface area (TPSA) is 111 Å². The van der Waals surface area contributed by atoms with Gasteiger partial charge in [0.2, 0.25) is 0 Å². The molecule has 0 saturated heterocycles. The SMILES string of the molecule is CC/C=C\C/C=C\C/C=C\C/C=C\C/C=C\C/C=C\C/C=C\C/C=C\C/C=C\CCCCCCCCCCCC(=O)OC(COC(=O)CCCCCCCCCCCCCCCCCCCCCCCCCCCCCCCCCCCCC)COP(=O)([O-])OCC[N+](C)(C)C. The first kappa shape index (κ1) is 92.7. The zero-order chi connectivity index (χ0) is 69.7. The standard InChI is InChI=1S/C86H154NO8P/c1-6-8-10-12-14-16-18-20-22-24-26-28-30-32-34-36-38-40-42-43-45-47-49-51-53-55-57-59-61-63-65-67-69-71-73-75-77-79-86(89)95-84(83-94-96(90,91)93-81-80-87(3,4)5)82-92-85(88)78-76-74-72-70-68-66-64-62-60-58-56-54-52-50-48-46-44-41-39-37-35-33-31-29-27-25-23-21-19-17-15-13-11-9-7-2/h8,10,14,16,20,22,26,28,32,34,38,40,43,45,49,51,55,57,84H,6-7,9,11-13,15,17-19,21,23-25,27,29-31,33,35-37,39,41-42,44,46-48,50,52-54,56,58-83H2,1-5H3/b10-8-,16-14-,22-20-,28-26-,34-32-,40-38-,45-43-,51-49-,57-55-. The van der Waals surface area contributed by atoms with E-state index in [1.54, 1.807) is 0 Å². The van der Waals surface area contributed by atoms with Crippen LogP contribution >= 0.6 is 7.82 Å². The minimum absolute atomic E-state index is 0.0348. The molecule has 0 aromatic heterocycles. The van der Waals surface area contributed by atoms with Crippen molar-refractivity contribution in [2.45, 2.75) is 380 Å². The molecule has 9 nitrogen and oxygen atoms in total. The largest absolute Gasteiger partial charge is 0.756 e. The van der Waals surface area contributed by atoms with E-state index in [2.05, 4.69) is 123 Å². The molecular weight excluding hydrogens is 1210 g/mol. The molecule has 2 atom stereocenters. The van der Waals surface area contributed by atoms with E-state index in [4.69, 9.17) is 18.5 Å². The second-order valence-electron chi connectivity index (χ2n) is 28.4. The van der Waals surface area contributed by atoms with E-state index < -0.39 is 26.5 Å². The van der Waals surface area contributed by atoms with Gasteiger partial charge >= 0.3 is 11.9 Å². The van der Waals surface area contributed by atoms with Gasteiger partial charge in [0.05, 0.1) is 27.7 Å². The molecule has 0 rings (SSSR count). The van der Waals surface area contributed by atoms with Crippen LogP contribution in [-0.4, -0.2) is 70.0 Å². The maximum Gasteiger partial charge on any atom is 0.306 e. The van der Waals surface area contributed by atoms with Gasteiger partial charge in [0, 0.05) is 12.8 Å². The van der Waals surface area contributed by atoms with E-state index in [9.17, 15) is 19.0 Å². The van der Waals surface area contributed by atoms with Crippen molar-refractivity contribution in [2.24, 2.45) is 0 Å². The number of hydrogen-bond donors (Lipinski definition) is 0. The molecule has 556 valence electrons. The van der Waals surface area contributed by atoms with E-state index in [-0.39, 0.29) is 32.0 Å². The van der Waals surface area contributed by atoms with E-state index in [0.29, 0.717) is 17.4 Å². The highest BCUT2D eigenvalue weighted by atomic mass is 31.2. The Morgan fingerprint density at radius 1 is 0.333 bits per heavy atom. The number of ether oxygens (including phenoxy) is 2. The summed E-state index contributed by atoms with van der Waals surface area (Å²) >= 11 is 0. The number of phosphoric acid groups is 1. The Labute approximate surface area is 595 Å². The molecule has 0 amide bonds. The number of rotatable bonds is 75. The van der Waals surface area contributed by atoms with Crippen LogP contribution in [0.15, 0.2) is 109 Å². The van der Waals surface area contributed by atoms with Crippen LogP contribution in [0.4, 0.5) is 0 Å². The third kappa shape index (κ3) is 79.7. The molecule has 0 N–H and O–H groups in total. The van der Waals surface area contributed by atoms with Crippen molar-refractivity contribution in [3.8, 4) is 0 Å². The summed E-state index contributed by atoms with van der Waals surface area (Å²) in [5, 5.41) is 0. The van der Waals surface area contributed by atoms with Crippen molar-refractivity contribution in [3.05, 3.63) is 109 Å². The van der Waals surface area contributed by atoms with Gasteiger partial charge in [-0.05, 0) is 83.5 Å². The summed E-state index contributed by atoms with van der Waals surface area (Å²) in [6.07, 6.45) is 108. The summed E-state index contributed by atoms with van der Waals surface area (Å²) in [4.78, 5) is 38.2. The van der Waals surface area contributed by atoms with Crippen molar-refractivity contribution >= 4 is 19.8 Å². The van der Waals surface area contributed by atoms with Gasteiger partial charge in [-0.2, -0.15) is 0 Å². The monoisotopic (exact) mass is 1360 g/mol. The number of nitrogens with zero attached hydrogens (tertiary/aromatic N) is 1. The number of carbonyl (C=O) groups is 2. The Morgan fingerprint density at radius 2 is 0.594 bits per heavy atom. The molecule has 10 heteroatoms. The summed E-state index contributed by atoms with van der Waals surface area (Å²) in [5.41, 5.74) is 0. The minimum Gasteiger partial charge on any atom is -0.756 e. The van der Waals surface area contributed by atoms with Crippen molar-refractivity contribution in [1.29, 1.82) is 0 Å². The molecule has 0 aliphatic heterocycles. The van der Waals surface area contributed by atoms with Crippen LogP contribution in [0.1, 0.15) is 373 Å². The lowest BCUT2D eigenvalue weighted by Crippen LogP contribution is -2.37. The minimum atomic E-state index is -4.65. The maximum absolute atomic E-state index is 12.9. The van der Waals surface area contributed by atoms with Crippen LogP contribution in [0.2, 0.25) is 0 Å². The van der Waals surface area contributed by atoms with E-state index in [0.717, 1.165) is 103 Å². The van der Waals surface area contributed by atoms with Crippen LogP contribution in [-0.2, 0) is 32.7 Å².